The van der Waals surface area contributed by atoms with Crippen molar-refractivity contribution in [3.63, 3.8) is 0 Å². The molecule has 3 fully saturated rings. The van der Waals surface area contributed by atoms with Gasteiger partial charge in [0, 0.05) is 37.8 Å². The lowest BCUT2D eigenvalue weighted by Crippen LogP contribution is -2.46. The van der Waals surface area contributed by atoms with Crippen LogP contribution in [-0.4, -0.2) is 84.0 Å². The van der Waals surface area contributed by atoms with Crippen LogP contribution in [-0.2, 0) is 9.53 Å². The molecule has 9 nitrogen and oxygen atoms in total. The zero-order valence-corrected chi connectivity index (χ0v) is 20.9. The first-order chi connectivity index (χ1) is 17.4. The van der Waals surface area contributed by atoms with Crippen LogP contribution in [0.5, 0.6) is 5.88 Å². The third-order valence-electron chi connectivity index (χ3n) is 7.59. The molecule has 0 bridgehead atoms. The number of likely N-dealkylation sites (tertiary alicyclic amines) is 2. The molecular formula is C26H29ClN4O5. The van der Waals surface area contributed by atoms with E-state index in [1.807, 2.05) is 40.1 Å². The number of nitrogens with zero attached hydrogens (tertiary/aromatic N) is 4. The standard InChI is InChI=1S/C26H29ClN4O5/c1-35-22-14-19(13-21(27)28-22)24(33)29-10-7-26(8-11-29)9-12-30(17-26)23(32)15-31-20(16-36-25(31)34)18-5-3-2-4-6-18/h2-6,13-14,20H,7-12,15-17H2,1H3. The summed E-state index contributed by atoms with van der Waals surface area (Å²) in [6.45, 7) is 2.77. The van der Waals surface area contributed by atoms with Crippen LogP contribution >= 0.6 is 11.6 Å². The monoisotopic (exact) mass is 512 g/mol. The van der Waals surface area contributed by atoms with Crippen LogP contribution < -0.4 is 4.74 Å². The maximum Gasteiger partial charge on any atom is 0.410 e. The van der Waals surface area contributed by atoms with Crippen molar-refractivity contribution in [1.82, 2.24) is 19.7 Å². The van der Waals surface area contributed by atoms with Crippen LogP contribution in [0.1, 0.15) is 41.2 Å². The lowest BCUT2D eigenvalue weighted by molar-refractivity contribution is -0.131. The molecule has 5 rings (SSSR count). The van der Waals surface area contributed by atoms with Gasteiger partial charge in [0.2, 0.25) is 11.8 Å². The van der Waals surface area contributed by atoms with Crippen LogP contribution in [0.25, 0.3) is 0 Å². The quantitative estimate of drug-likeness (QED) is 0.570. The van der Waals surface area contributed by atoms with Gasteiger partial charge in [0.1, 0.15) is 18.3 Å². The minimum atomic E-state index is -0.453. The second kappa shape index (κ2) is 9.97. The molecule has 1 aromatic heterocycles. The van der Waals surface area contributed by atoms with Gasteiger partial charge in [0.15, 0.2) is 0 Å². The lowest BCUT2D eigenvalue weighted by atomic mass is 9.77. The first kappa shape index (κ1) is 24.4. The van der Waals surface area contributed by atoms with Crippen molar-refractivity contribution >= 4 is 29.5 Å². The third-order valence-corrected chi connectivity index (χ3v) is 7.79. The summed E-state index contributed by atoms with van der Waals surface area (Å²) in [6, 6.07) is 12.5. The maximum absolute atomic E-state index is 13.2. The number of cyclic esters (lactones) is 1. The summed E-state index contributed by atoms with van der Waals surface area (Å²) < 4.78 is 10.4. The molecule has 190 valence electrons. The van der Waals surface area contributed by atoms with E-state index in [0.717, 1.165) is 24.8 Å². The number of benzene rings is 1. The SMILES string of the molecule is COc1cc(C(=O)N2CCC3(CCN(C(=O)CN4C(=O)OCC4c4ccccc4)C3)CC2)cc(Cl)n1. The Balaban J connectivity index is 1.18. The fourth-order valence-electron chi connectivity index (χ4n) is 5.45. The van der Waals surface area contributed by atoms with Crippen molar-refractivity contribution in [3.8, 4) is 5.88 Å². The normalized spacial score (nSPS) is 21.1. The summed E-state index contributed by atoms with van der Waals surface area (Å²) in [5.74, 6) is 0.141. The summed E-state index contributed by atoms with van der Waals surface area (Å²) in [6.07, 6.45) is 2.07. The Bertz CT molecular complexity index is 1150. The van der Waals surface area contributed by atoms with Crippen molar-refractivity contribution in [1.29, 1.82) is 0 Å². The predicted octanol–water partition coefficient (Wildman–Crippen LogP) is 3.39. The molecular weight excluding hydrogens is 484 g/mol. The zero-order valence-electron chi connectivity index (χ0n) is 20.2. The molecule has 0 N–H and O–H groups in total. The highest BCUT2D eigenvalue weighted by Gasteiger charge is 2.44. The molecule has 36 heavy (non-hydrogen) atoms. The molecule has 3 saturated heterocycles. The highest BCUT2D eigenvalue weighted by Crippen LogP contribution is 2.41. The molecule has 2 aromatic rings. The summed E-state index contributed by atoms with van der Waals surface area (Å²) in [5, 5.41) is 0.215. The van der Waals surface area contributed by atoms with E-state index in [1.54, 1.807) is 12.1 Å². The van der Waals surface area contributed by atoms with Crippen molar-refractivity contribution < 1.29 is 23.9 Å². The van der Waals surface area contributed by atoms with Gasteiger partial charge in [0.25, 0.3) is 5.91 Å². The second-order valence-electron chi connectivity index (χ2n) is 9.71. The largest absolute Gasteiger partial charge is 0.481 e. The third kappa shape index (κ3) is 4.84. The van der Waals surface area contributed by atoms with Gasteiger partial charge < -0.3 is 19.3 Å². The Kier molecular flexibility index (Phi) is 6.75. The smallest absolute Gasteiger partial charge is 0.410 e. The van der Waals surface area contributed by atoms with Crippen molar-refractivity contribution in [2.24, 2.45) is 5.41 Å². The van der Waals surface area contributed by atoms with E-state index in [2.05, 4.69) is 4.98 Å². The number of ether oxygens (including phenoxy) is 2. The molecule has 1 aromatic carbocycles. The van der Waals surface area contributed by atoms with Crippen LogP contribution in [0, 0.1) is 5.41 Å². The highest BCUT2D eigenvalue weighted by atomic mass is 35.5. The number of rotatable bonds is 5. The van der Waals surface area contributed by atoms with E-state index < -0.39 is 6.09 Å². The molecule has 4 heterocycles. The second-order valence-corrected chi connectivity index (χ2v) is 10.1. The molecule has 0 saturated carbocycles. The van der Waals surface area contributed by atoms with Gasteiger partial charge in [0.05, 0.1) is 13.2 Å². The first-order valence-corrected chi connectivity index (χ1v) is 12.5. The Morgan fingerprint density at radius 2 is 1.81 bits per heavy atom. The number of halogens is 1. The van der Waals surface area contributed by atoms with Gasteiger partial charge in [-0.05, 0) is 36.3 Å². The fourth-order valence-corrected chi connectivity index (χ4v) is 5.65. The first-order valence-electron chi connectivity index (χ1n) is 12.1. The molecule has 0 aliphatic carbocycles. The Morgan fingerprint density at radius 3 is 2.50 bits per heavy atom. The number of piperidine rings is 1. The number of methoxy groups -OCH3 is 1. The minimum absolute atomic E-state index is 0.00369. The molecule has 1 spiro atoms. The van der Waals surface area contributed by atoms with E-state index in [9.17, 15) is 14.4 Å². The topological polar surface area (TPSA) is 92.3 Å². The van der Waals surface area contributed by atoms with Gasteiger partial charge in [-0.2, -0.15) is 0 Å². The Labute approximate surface area is 214 Å². The number of aromatic nitrogens is 1. The molecule has 1 unspecified atom stereocenters. The molecule has 3 amide bonds. The molecule has 1 atom stereocenters. The zero-order chi connectivity index (χ0) is 25.3. The average Bonchev–Trinajstić information content (AvgIpc) is 3.48. The number of amides is 3. The van der Waals surface area contributed by atoms with Crippen molar-refractivity contribution in [2.45, 2.75) is 25.3 Å². The summed E-state index contributed by atoms with van der Waals surface area (Å²) in [7, 11) is 1.49. The van der Waals surface area contributed by atoms with E-state index in [-0.39, 0.29) is 41.6 Å². The van der Waals surface area contributed by atoms with E-state index in [0.29, 0.717) is 37.6 Å². The lowest BCUT2D eigenvalue weighted by Gasteiger charge is -2.39. The number of pyridine rings is 1. The van der Waals surface area contributed by atoms with Gasteiger partial charge in [-0.15, -0.1) is 0 Å². The number of carbonyl (C=O) groups excluding carboxylic acids is 3. The highest BCUT2D eigenvalue weighted by molar-refractivity contribution is 6.29. The van der Waals surface area contributed by atoms with Crippen LogP contribution in [0.3, 0.4) is 0 Å². The maximum atomic E-state index is 13.2. The van der Waals surface area contributed by atoms with Crippen LogP contribution in [0.2, 0.25) is 5.15 Å². The number of hydrogen-bond acceptors (Lipinski definition) is 6. The average molecular weight is 513 g/mol. The number of carbonyl (C=O) groups is 3. The Hall–Kier alpha value is -3.33. The summed E-state index contributed by atoms with van der Waals surface area (Å²) in [4.78, 5) is 47.8. The van der Waals surface area contributed by atoms with Gasteiger partial charge in [-0.1, -0.05) is 41.9 Å². The number of hydrogen-bond donors (Lipinski definition) is 0. The van der Waals surface area contributed by atoms with Gasteiger partial charge in [-0.3, -0.25) is 14.5 Å². The van der Waals surface area contributed by atoms with Crippen molar-refractivity contribution in [3.05, 3.63) is 58.7 Å². The van der Waals surface area contributed by atoms with Crippen LogP contribution in [0.15, 0.2) is 42.5 Å². The Morgan fingerprint density at radius 1 is 1.11 bits per heavy atom. The van der Waals surface area contributed by atoms with Gasteiger partial charge >= 0.3 is 6.09 Å². The molecule has 0 radical (unpaired) electrons. The van der Waals surface area contributed by atoms with Crippen LogP contribution in [0.4, 0.5) is 4.79 Å². The minimum Gasteiger partial charge on any atom is -0.481 e. The molecule has 3 aliphatic rings. The summed E-state index contributed by atoms with van der Waals surface area (Å²) in [5.41, 5.74) is 1.40. The molecule has 3 aliphatic heterocycles. The van der Waals surface area contributed by atoms with Crippen molar-refractivity contribution in [2.75, 3.05) is 46.4 Å². The van der Waals surface area contributed by atoms with E-state index >= 15 is 0 Å². The summed E-state index contributed by atoms with van der Waals surface area (Å²) >= 11 is 6.04. The molecule has 10 heteroatoms. The van der Waals surface area contributed by atoms with E-state index in [4.69, 9.17) is 21.1 Å². The predicted molar refractivity (Wildman–Crippen MR) is 132 cm³/mol. The van der Waals surface area contributed by atoms with E-state index in [1.165, 1.54) is 12.0 Å². The fraction of sp³-hybridized carbons (Fsp3) is 0.462. The van der Waals surface area contributed by atoms with Gasteiger partial charge in [-0.25, -0.2) is 9.78 Å².